The summed E-state index contributed by atoms with van der Waals surface area (Å²) in [5.41, 5.74) is 0. The van der Waals surface area contributed by atoms with Crippen LogP contribution in [0.4, 0.5) is 0 Å². The summed E-state index contributed by atoms with van der Waals surface area (Å²) in [5.74, 6) is 0.745. The summed E-state index contributed by atoms with van der Waals surface area (Å²) in [6.45, 7) is 1.79. The molecule has 2 bridgehead atoms. The average Bonchev–Trinajstić information content (AvgIpc) is 2.85. The van der Waals surface area contributed by atoms with Gasteiger partial charge >= 0.3 is 0 Å². The lowest BCUT2D eigenvalue weighted by molar-refractivity contribution is 0.0913. The van der Waals surface area contributed by atoms with Crippen LogP contribution in [-0.4, -0.2) is 39.2 Å². The summed E-state index contributed by atoms with van der Waals surface area (Å²) in [7, 11) is 0. The van der Waals surface area contributed by atoms with Crippen molar-refractivity contribution in [2.45, 2.75) is 50.7 Å². The molecule has 0 spiro atoms. The number of amides is 1. The molecule has 1 amide bonds. The first-order chi connectivity index (χ1) is 8.20. The quantitative estimate of drug-likeness (QED) is 0.680. The second kappa shape index (κ2) is 4.10. The number of fused-ring (bicyclic) bond motifs is 2. The molecule has 1 aromatic heterocycles. The Labute approximate surface area is 99.6 Å². The third-order valence-corrected chi connectivity index (χ3v) is 3.61. The topological polar surface area (TPSA) is 82.7 Å². The van der Waals surface area contributed by atoms with E-state index in [0.717, 1.165) is 12.8 Å². The largest absolute Gasteiger partial charge is 0.346 e. The van der Waals surface area contributed by atoms with Crippen LogP contribution in [0, 0.1) is 6.92 Å². The van der Waals surface area contributed by atoms with Crippen molar-refractivity contribution in [3.8, 4) is 0 Å². The number of H-pyrrole nitrogens is 1. The fourth-order valence-electron chi connectivity index (χ4n) is 2.87. The molecule has 92 valence electrons. The molecule has 1 aromatic rings. The molecular weight excluding hydrogens is 218 g/mol. The Morgan fingerprint density at radius 3 is 2.65 bits per heavy atom. The molecule has 6 heteroatoms. The third kappa shape index (κ3) is 2.17. The lowest BCUT2D eigenvalue weighted by atomic mass is 10.00. The second-order valence-electron chi connectivity index (χ2n) is 5.02. The van der Waals surface area contributed by atoms with Crippen molar-refractivity contribution in [1.29, 1.82) is 0 Å². The predicted octanol–water partition coefficient (Wildman–Crippen LogP) is 0.126. The minimum Gasteiger partial charge on any atom is -0.346 e. The number of aromatic amines is 1. The van der Waals surface area contributed by atoms with Gasteiger partial charge in [0.25, 0.3) is 5.91 Å². The molecule has 0 saturated carbocycles. The zero-order chi connectivity index (χ0) is 11.8. The smallest absolute Gasteiger partial charge is 0.291 e. The molecule has 2 fully saturated rings. The molecule has 0 aliphatic carbocycles. The Balaban J connectivity index is 1.62. The molecule has 17 heavy (non-hydrogen) atoms. The van der Waals surface area contributed by atoms with Crippen LogP contribution in [-0.2, 0) is 0 Å². The van der Waals surface area contributed by atoms with Gasteiger partial charge in [0.15, 0.2) is 0 Å². The van der Waals surface area contributed by atoms with E-state index in [9.17, 15) is 4.79 Å². The minimum absolute atomic E-state index is 0.166. The number of carbonyl (C=O) groups excluding carboxylic acids is 1. The van der Waals surface area contributed by atoms with Gasteiger partial charge in [-0.05, 0) is 32.6 Å². The van der Waals surface area contributed by atoms with Gasteiger partial charge in [-0.3, -0.25) is 9.89 Å². The maximum atomic E-state index is 11.9. The highest BCUT2D eigenvalue weighted by atomic mass is 16.2. The molecule has 2 aliphatic heterocycles. The second-order valence-corrected chi connectivity index (χ2v) is 5.02. The van der Waals surface area contributed by atoms with E-state index in [-0.39, 0.29) is 17.8 Å². The Morgan fingerprint density at radius 2 is 2.06 bits per heavy atom. The summed E-state index contributed by atoms with van der Waals surface area (Å²) in [5, 5.41) is 13.1. The van der Waals surface area contributed by atoms with Crippen molar-refractivity contribution in [3.63, 3.8) is 0 Å². The van der Waals surface area contributed by atoms with Crippen molar-refractivity contribution in [3.05, 3.63) is 11.6 Å². The first kappa shape index (κ1) is 10.7. The van der Waals surface area contributed by atoms with Crippen molar-refractivity contribution >= 4 is 5.91 Å². The molecule has 2 atom stereocenters. The van der Waals surface area contributed by atoms with Crippen LogP contribution < -0.4 is 10.6 Å². The van der Waals surface area contributed by atoms with E-state index in [1.165, 1.54) is 12.8 Å². The molecule has 3 rings (SSSR count). The lowest BCUT2D eigenvalue weighted by Crippen LogP contribution is -2.48. The van der Waals surface area contributed by atoms with E-state index in [1.54, 1.807) is 6.92 Å². The van der Waals surface area contributed by atoms with Crippen molar-refractivity contribution in [2.24, 2.45) is 0 Å². The van der Waals surface area contributed by atoms with Crippen molar-refractivity contribution < 1.29 is 4.79 Å². The minimum atomic E-state index is -0.166. The maximum absolute atomic E-state index is 11.9. The first-order valence-electron chi connectivity index (χ1n) is 6.16. The normalized spacial score (nSPS) is 31.5. The fourth-order valence-corrected chi connectivity index (χ4v) is 2.87. The van der Waals surface area contributed by atoms with Gasteiger partial charge in [0.2, 0.25) is 5.82 Å². The zero-order valence-corrected chi connectivity index (χ0v) is 9.86. The number of carbonyl (C=O) groups is 1. The highest BCUT2D eigenvalue weighted by molar-refractivity contribution is 5.90. The van der Waals surface area contributed by atoms with Gasteiger partial charge in [-0.15, -0.1) is 5.10 Å². The number of aromatic nitrogens is 3. The van der Waals surface area contributed by atoms with Gasteiger partial charge in [-0.2, -0.15) is 0 Å². The van der Waals surface area contributed by atoms with E-state index in [2.05, 4.69) is 25.8 Å². The standard InChI is InChI=1S/C11H17N5O/c1-6-12-10(16-15-6)11(17)14-9-4-7-2-3-8(5-9)13-7/h7-9,13H,2-5H2,1H3,(H,14,17)(H,12,15,16). The number of nitrogens with one attached hydrogen (secondary N) is 3. The maximum Gasteiger partial charge on any atom is 0.291 e. The molecule has 3 N–H and O–H groups in total. The van der Waals surface area contributed by atoms with Crippen molar-refractivity contribution in [1.82, 2.24) is 25.8 Å². The molecule has 6 nitrogen and oxygen atoms in total. The monoisotopic (exact) mass is 235 g/mol. The van der Waals surface area contributed by atoms with Crippen LogP contribution >= 0.6 is 0 Å². The van der Waals surface area contributed by atoms with Crippen LogP contribution in [0.3, 0.4) is 0 Å². The van der Waals surface area contributed by atoms with Gasteiger partial charge < -0.3 is 10.6 Å². The number of aryl methyl sites for hydroxylation is 1. The van der Waals surface area contributed by atoms with Crippen LogP contribution in [0.25, 0.3) is 0 Å². The van der Waals surface area contributed by atoms with Crippen LogP contribution in [0.2, 0.25) is 0 Å². The summed E-state index contributed by atoms with van der Waals surface area (Å²) in [4.78, 5) is 15.9. The summed E-state index contributed by atoms with van der Waals surface area (Å²) in [6.07, 6.45) is 4.50. The van der Waals surface area contributed by atoms with Gasteiger partial charge in [0.1, 0.15) is 5.82 Å². The number of piperidine rings is 1. The summed E-state index contributed by atoms with van der Waals surface area (Å²) < 4.78 is 0. The predicted molar refractivity (Wildman–Crippen MR) is 61.6 cm³/mol. The molecule has 0 radical (unpaired) electrons. The van der Waals surface area contributed by atoms with Gasteiger partial charge in [0, 0.05) is 18.1 Å². The average molecular weight is 235 g/mol. The van der Waals surface area contributed by atoms with E-state index in [4.69, 9.17) is 0 Å². The van der Waals surface area contributed by atoms with E-state index in [0.29, 0.717) is 17.9 Å². The number of hydrogen-bond acceptors (Lipinski definition) is 4. The van der Waals surface area contributed by atoms with Crippen molar-refractivity contribution in [2.75, 3.05) is 0 Å². The Bertz CT molecular complexity index is 417. The van der Waals surface area contributed by atoms with Gasteiger partial charge in [-0.25, -0.2) is 4.98 Å². The molecule has 2 saturated heterocycles. The summed E-state index contributed by atoms with van der Waals surface area (Å²) >= 11 is 0. The Hall–Kier alpha value is -1.43. The van der Waals surface area contributed by atoms with E-state index in [1.807, 2.05) is 0 Å². The number of nitrogens with zero attached hydrogens (tertiary/aromatic N) is 2. The highest BCUT2D eigenvalue weighted by Crippen LogP contribution is 2.26. The molecular formula is C11H17N5O. The van der Waals surface area contributed by atoms with Gasteiger partial charge in [-0.1, -0.05) is 0 Å². The molecule has 2 aliphatic rings. The molecule has 3 heterocycles. The highest BCUT2D eigenvalue weighted by Gasteiger charge is 2.34. The number of rotatable bonds is 2. The fraction of sp³-hybridized carbons (Fsp3) is 0.727. The summed E-state index contributed by atoms with van der Waals surface area (Å²) in [6, 6.07) is 1.42. The molecule has 2 unspecified atom stereocenters. The molecule has 0 aromatic carbocycles. The van der Waals surface area contributed by atoms with E-state index < -0.39 is 0 Å². The van der Waals surface area contributed by atoms with Crippen LogP contribution in [0.15, 0.2) is 0 Å². The van der Waals surface area contributed by atoms with Crippen LogP contribution in [0.1, 0.15) is 42.1 Å². The van der Waals surface area contributed by atoms with E-state index >= 15 is 0 Å². The SMILES string of the molecule is Cc1nc(C(=O)NC2CC3CCC(C2)N3)n[nH]1. The van der Waals surface area contributed by atoms with Crippen LogP contribution in [0.5, 0.6) is 0 Å². The first-order valence-corrected chi connectivity index (χ1v) is 6.16. The third-order valence-electron chi connectivity index (χ3n) is 3.61. The Morgan fingerprint density at radius 1 is 1.35 bits per heavy atom. The lowest BCUT2D eigenvalue weighted by Gasteiger charge is -2.29. The Kier molecular flexibility index (Phi) is 2.58. The zero-order valence-electron chi connectivity index (χ0n) is 9.86. The number of hydrogen-bond donors (Lipinski definition) is 3. The van der Waals surface area contributed by atoms with Gasteiger partial charge in [0.05, 0.1) is 0 Å².